The summed E-state index contributed by atoms with van der Waals surface area (Å²) in [6, 6.07) is 6.92. The zero-order chi connectivity index (χ0) is 11.3. The van der Waals surface area contributed by atoms with E-state index in [1.165, 1.54) is 23.9 Å². The Hall–Kier alpha value is -1.35. The van der Waals surface area contributed by atoms with E-state index in [0.717, 1.165) is 11.3 Å². The number of fused-ring (bicyclic) bond motifs is 1. The van der Waals surface area contributed by atoms with Gasteiger partial charge in [0.05, 0.1) is 17.1 Å². The lowest BCUT2D eigenvalue weighted by Crippen LogP contribution is -2.13. The van der Waals surface area contributed by atoms with E-state index in [9.17, 15) is 0 Å². The van der Waals surface area contributed by atoms with E-state index in [0.29, 0.717) is 6.04 Å². The predicted molar refractivity (Wildman–Crippen MR) is 65.3 cm³/mol. The van der Waals surface area contributed by atoms with Gasteiger partial charge in [0.1, 0.15) is 5.82 Å². The normalized spacial score (nSPS) is 17.9. The van der Waals surface area contributed by atoms with Crippen LogP contribution in [0.4, 0.5) is 0 Å². The van der Waals surface area contributed by atoms with Gasteiger partial charge in [-0.25, -0.2) is 4.98 Å². The van der Waals surface area contributed by atoms with Crippen LogP contribution in [0.1, 0.15) is 43.2 Å². The molecule has 1 aromatic heterocycles. The molecular weight excluding hydrogens is 198 g/mol. The Labute approximate surface area is 95.3 Å². The molecule has 0 bridgehead atoms. The van der Waals surface area contributed by atoms with Crippen LogP contribution in [-0.4, -0.2) is 9.55 Å². The van der Waals surface area contributed by atoms with Crippen LogP contribution in [0.15, 0.2) is 18.2 Å². The maximum Gasteiger partial charge on any atom is 0.126 e. The van der Waals surface area contributed by atoms with Crippen LogP contribution in [0.3, 0.4) is 0 Å². The Morgan fingerprint density at radius 1 is 1.44 bits per heavy atom. The average Bonchev–Trinajstić information content (AvgIpc) is 2.99. The van der Waals surface area contributed by atoms with Gasteiger partial charge in [-0.15, -0.1) is 0 Å². The van der Waals surface area contributed by atoms with Gasteiger partial charge in [-0.3, -0.25) is 0 Å². The Balaban J connectivity index is 2.34. The zero-order valence-electron chi connectivity index (χ0n) is 9.77. The first-order valence-corrected chi connectivity index (χ1v) is 5.91. The average molecular weight is 215 g/mol. The topological polar surface area (TPSA) is 43.8 Å². The first-order valence-electron chi connectivity index (χ1n) is 5.91. The van der Waals surface area contributed by atoms with Crippen molar-refractivity contribution >= 4 is 11.0 Å². The lowest BCUT2D eigenvalue weighted by molar-refractivity contribution is 0.638. The number of aryl methyl sites for hydroxylation is 1. The van der Waals surface area contributed by atoms with E-state index in [1.807, 2.05) is 6.92 Å². The highest BCUT2D eigenvalue weighted by Gasteiger charge is 2.29. The van der Waals surface area contributed by atoms with Gasteiger partial charge in [0.25, 0.3) is 0 Å². The molecule has 1 heterocycles. The summed E-state index contributed by atoms with van der Waals surface area (Å²) in [5.41, 5.74) is 9.66. The second-order valence-corrected chi connectivity index (χ2v) is 4.80. The molecule has 16 heavy (non-hydrogen) atoms. The van der Waals surface area contributed by atoms with Gasteiger partial charge in [0, 0.05) is 6.04 Å². The maximum absolute atomic E-state index is 6.01. The molecule has 3 rings (SSSR count). The molecule has 2 N–H and O–H groups in total. The fourth-order valence-electron chi connectivity index (χ4n) is 2.36. The van der Waals surface area contributed by atoms with Crippen LogP contribution in [0.5, 0.6) is 0 Å². The van der Waals surface area contributed by atoms with E-state index < -0.39 is 0 Å². The van der Waals surface area contributed by atoms with E-state index in [4.69, 9.17) is 5.73 Å². The maximum atomic E-state index is 6.01. The van der Waals surface area contributed by atoms with Crippen LogP contribution >= 0.6 is 0 Å². The standard InChI is InChI=1S/C13H17N3/c1-8-4-3-5-11-12(8)16(10-6-7-10)13(15-11)9(2)14/h3-5,9-10H,6-7,14H2,1-2H3/t9-/m0/s1. The Morgan fingerprint density at radius 2 is 2.19 bits per heavy atom. The zero-order valence-corrected chi connectivity index (χ0v) is 9.77. The summed E-state index contributed by atoms with van der Waals surface area (Å²) in [4.78, 5) is 4.67. The minimum absolute atomic E-state index is 0.00685. The monoisotopic (exact) mass is 215 g/mol. The fourth-order valence-corrected chi connectivity index (χ4v) is 2.36. The molecule has 0 unspecified atom stereocenters. The van der Waals surface area contributed by atoms with Crippen LogP contribution in [-0.2, 0) is 0 Å². The number of hydrogen-bond acceptors (Lipinski definition) is 2. The molecule has 1 aliphatic carbocycles. The number of aromatic nitrogens is 2. The van der Waals surface area contributed by atoms with Crippen molar-refractivity contribution in [1.29, 1.82) is 0 Å². The molecule has 3 heteroatoms. The van der Waals surface area contributed by atoms with Crippen LogP contribution in [0.2, 0.25) is 0 Å². The number of rotatable bonds is 2. The third-order valence-electron chi connectivity index (χ3n) is 3.26. The number of nitrogens with zero attached hydrogens (tertiary/aromatic N) is 2. The summed E-state index contributed by atoms with van der Waals surface area (Å²) in [6.45, 7) is 4.16. The Kier molecular flexibility index (Phi) is 2.04. The number of hydrogen-bond donors (Lipinski definition) is 1. The molecule has 1 atom stereocenters. The van der Waals surface area contributed by atoms with E-state index in [-0.39, 0.29) is 6.04 Å². The van der Waals surface area contributed by atoms with Gasteiger partial charge in [-0.2, -0.15) is 0 Å². The van der Waals surface area contributed by atoms with Gasteiger partial charge in [0.2, 0.25) is 0 Å². The molecule has 1 aromatic carbocycles. The molecule has 0 aliphatic heterocycles. The molecule has 0 saturated heterocycles. The molecule has 2 aromatic rings. The largest absolute Gasteiger partial charge is 0.323 e. The van der Waals surface area contributed by atoms with Crippen LogP contribution < -0.4 is 5.73 Å². The minimum atomic E-state index is 0.00685. The van der Waals surface area contributed by atoms with Crippen molar-refractivity contribution in [3.63, 3.8) is 0 Å². The number of nitrogens with two attached hydrogens (primary N) is 1. The molecular formula is C13H17N3. The smallest absolute Gasteiger partial charge is 0.126 e. The summed E-state index contributed by atoms with van der Waals surface area (Å²) in [5.74, 6) is 1.03. The Bertz CT molecular complexity index is 535. The lowest BCUT2D eigenvalue weighted by atomic mass is 10.2. The van der Waals surface area contributed by atoms with E-state index in [2.05, 4.69) is 34.7 Å². The summed E-state index contributed by atoms with van der Waals surface area (Å²) < 4.78 is 2.36. The number of imidazole rings is 1. The van der Waals surface area contributed by atoms with Gasteiger partial charge >= 0.3 is 0 Å². The lowest BCUT2D eigenvalue weighted by Gasteiger charge is -2.10. The first-order chi connectivity index (χ1) is 7.68. The van der Waals surface area contributed by atoms with Gasteiger partial charge < -0.3 is 10.3 Å². The molecule has 3 nitrogen and oxygen atoms in total. The Morgan fingerprint density at radius 3 is 2.81 bits per heavy atom. The van der Waals surface area contributed by atoms with Gasteiger partial charge in [0.15, 0.2) is 0 Å². The highest BCUT2D eigenvalue weighted by molar-refractivity contribution is 5.80. The van der Waals surface area contributed by atoms with E-state index >= 15 is 0 Å². The van der Waals surface area contributed by atoms with Crippen molar-refractivity contribution in [1.82, 2.24) is 9.55 Å². The van der Waals surface area contributed by atoms with Crippen molar-refractivity contribution < 1.29 is 0 Å². The first kappa shape index (κ1) is 9.85. The molecule has 1 fully saturated rings. The van der Waals surface area contributed by atoms with Crippen LogP contribution in [0, 0.1) is 6.92 Å². The van der Waals surface area contributed by atoms with Gasteiger partial charge in [-0.1, -0.05) is 12.1 Å². The SMILES string of the molecule is Cc1cccc2nc([C@H](C)N)n(C3CC3)c12. The molecule has 1 aliphatic rings. The highest BCUT2D eigenvalue weighted by Crippen LogP contribution is 2.40. The summed E-state index contributed by atoms with van der Waals surface area (Å²) in [6.07, 6.45) is 2.53. The molecule has 1 saturated carbocycles. The van der Waals surface area contributed by atoms with E-state index in [1.54, 1.807) is 0 Å². The molecule has 84 valence electrons. The van der Waals surface area contributed by atoms with Crippen molar-refractivity contribution in [2.75, 3.05) is 0 Å². The third-order valence-corrected chi connectivity index (χ3v) is 3.26. The summed E-state index contributed by atoms with van der Waals surface area (Å²) in [7, 11) is 0. The quantitative estimate of drug-likeness (QED) is 0.837. The van der Waals surface area contributed by atoms with Crippen molar-refractivity contribution in [2.45, 2.75) is 38.8 Å². The second-order valence-electron chi connectivity index (χ2n) is 4.80. The van der Waals surface area contributed by atoms with Crippen molar-refractivity contribution in [3.8, 4) is 0 Å². The number of benzene rings is 1. The highest BCUT2D eigenvalue weighted by atomic mass is 15.1. The molecule has 0 radical (unpaired) electrons. The van der Waals surface area contributed by atoms with Crippen molar-refractivity contribution in [3.05, 3.63) is 29.6 Å². The molecule has 0 amide bonds. The van der Waals surface area contributed by atoms with Crippen molar-refractivity contribution in [2.24, 2.45) is 5.73 Å². The number of para-hydroxylation sites is 1. The third kappa shape index (κ3) is 1.35. The summed E-state index contributed by atoms with van der Waals surface area (Å²) >= 11 is 0. The molecule has 0 spiro atoms. The van der Waals surface area contributed by atoms with Crippen LogP contribution in [0.25, 0.3) is 11.0 Å². The summed E-state index contributed by atoms with van der Waals surface area (Å²) in [5, 5.41) is 0. The second kappa shape index (κ2) is 3.32. The fraction of sp³-hybridized carbons (Fsp3) is 0.462. The minimum Gasteiger partial charge on any atom is -0.323 e. The predicted octanol–water partition coefficient (Wildman–Crippen LogP) is 2.70. The van der Waals surface area contributed by atoms with Gasteiger partial charge in [-0.05, 0) is 38.3 Å².